The zero-order valence-electron chi connectivity index (χ0n) is 16.4. The highest BCUT2D eigenvalue weighted by atomic mass is 14.7. The van der Waals surface area contributed by atoms with E-state index in [1.165, 1.54) is 55.2 Å². The number of benzene rings is 1. The van der Waals surface area contributed by atoms with Crippen molar-refractivity contribution in [3.8, 4) is 0 Å². The summed E-state index contributed by atoms with van der Waals surface area (Å²) in [5.74, 6) is 1.45. The fourth-order valence-corrected chi connectivity index (χ4v) is 4.07. The van der Waals surface area contributed by atoms with E-state index in [0.717, 1.165) is 11.6 Å². The second-order valence-corrected chi connectivity index (χ2v) is 8.66. The van der Waals surface area contributed by atoms with E-state index in [4.69, 9.17) is 4.98 Å². The molecule has 25 heavy (non-hydrogen) atoms. The first-order valence-electron chi connectivity index (χ1n) is 10.0. The first-order valence-corrected chi connectivity index (χ1v) is 10.0. The topological polar surface area (TPSA) is 12.9 Å². The van der Waals surface area contributed by atoms with Gasteiger partial charge in [0.15, 0.2) is 0 Å². The van der Waals surface area contributed by atoms with E-state index in [-0.39, 0.29) is 5.41 Å². The van der Waals surface area contributed by atoms with Crippen LogP contribution in [0.5, 0.6) is 0 Å². The summed E-state index contributed by atoms with van der Waals surface area (Å²) in [6.45, 7) is 9.04. The van der Waals surface area contributed by atoms with Gasteiger partial charge in [-0.05, 0) is 41.0 Å². The summed E-state index contributed by atoms with van der Waals surface area (Å²) in [5, 5.41) is 0. The highest BCUT2D eigenvalue weighted by molar-refractivity contribution is 5.36. The molecule has 1 fully saturated rings. The van der Waals surface area contributed by atoms with E-state index in [9.17, 15) is 0 Å². The summed E-state index contributed by atoms with van der Waals surface area (Å²) in [6, 6.07) is 13.6. The van der Waals surface area contributed by atoms with Gasteiger partial charge in [-0.2, -0.15) is 0 Å². The van der Waals surface area contributed by atoms with Gasteiger partial charge in [-0.25, -0.2) is 0 Å². The molecule has 0 saturated heterocycles. The van der Waals surface area contributed by atoms with Gasteiger partial charge in [0, 0.05) is 11.6 Å². The van der Waals surface area contributed by atoms with Crippen LogP contribution in [0.15, 0.2) is 42.6 Å². The van der Waals surface area contributed by atoms with Gasteiger partial charge in [0.1, 0.15) is 0 Å². The van der Waals surface area contributed by atoms with Gasteiger partial charge in [0.2, 0.25) is 0 Å². The van der Waals surface area contributed by atoms with Crippen LogP contribution in [-0.4, -0.2) is 4.98 Å². The first kappa shape index (κ1) is 18.2. The van der Waals surface area contributed by atoms with Gasteiger partial charge in [0.05, 0.1) is 5.69 Å². The van der Waals surface area contributed by atoms with Gasteiger partial charge in [-0.1, -0.05) is 90.1 Å². The van der Waals surface area contributed by atoms with Gasteiger partial charge in [-0.3, -0.25) is 4.98 Å². The third-order valence-corrected chi connectivity index (χ3v) is 6.01. The van der Waals surface area contributed by atoms with E-state index in [2.05, 4.69) is 70.3 Å². The minimum Gasteiger partial charge on any atom is -0.260 e. The second-order valence-electron chi connectivity index (χ2n) is 8.66. The summed E-state index contributed by atoms with van der Waals surface area (Å²) in [6.07, 6.45) is 10.4. The Labute approximate surface area is 153 Å². The lowest BCUT2D eigenvalue weighted by Gasteiger charge is -2.26. The highest BCUT2D eigenvalue weighted by Gasteiger charge is 2.25. The quantitative estimate of drug-likeness (QED) is 0.596. The average Bonchev–Trinajstić information content (AvgIpc) is 2.63. The maximum Gasteiger partial charge on any atom is 0.0503 e. The van der Waals surface area contributed by atoms with Crippen molar-refractivity contribution in [1.82, 2.24) is 4.98 Å². The molecule has 0 unspecified atom stereocenters. The van der Waals surface area contributed by atoms with Crippen molar-refractivity contribution in [2.75, 3.05) is 0 Å². The van der Waals surface area contributed by atoms with Crippen molar-refractivity contribution >= 4 is 0 Å². The van der Waals surface area contributed by atoms with E-state index in [1.54, 1.807) is 0 Å². The molecule has 2 aromatic rings. The van der Waals surface area contributed by atoms with Gasteiger partial charge in [-0.15, -0.1) is 0 Å². The maximum absolute atomic E-state index is 4.85. The Bertz CT molecular complexity index is 658. The Morgan fingerprint density at radius 1 is 0.960 bits per heavy atom. The molecule has 134 valence electrons. The Kier molecular flexibility index (Phi) is 5.61. The summed E-state index contributed by atoms with van der Waals surface area (Å²) in [4.78, 5) is 4.85. The maximum atomic E-state index is 4.85. The summed E-state index contributed by atoms with van der Waals surface area (Å²) < 4.78 is 0. The molecule has 1 aromatic carbocycles. The minimum atomic E-state index is -0.0567. The highest BCUT2D eigenvalue weighted by Crippen LogP contribution is 2.32. The number of hydrogen-bond donors (Lipinski definition) is 0. The van der Waals surface area contributed by atoms with Crippen LogP contribution >= 0.6 is 0 Å². The zero-order chi connectivity index (χ0) is 17.9. The molecule has 1 aromatic heterocycles. The Balaban J connectivity index is 1.73. The molecule has 0 amide bonds. The number of pyridine rings is 1. The molecule has 1 aliphatic carbocycles. The number of aromatic nitrogens is 1. The van der Waals surface area contributed by atoms with Crippen molar-refractivity contribution in [2.45, 2.75) is 77.6 Å². The molecular formula is C24H33N. The van der Waals surface area contributed by atoms with Crippen molar-refractivity contribution in [3.05, 3.63) is 65.0 Å². The number of nitrogens with zero attached hydrogens (tertiary/aromatic N) is 1. The monoisotopic (exact) mass is 335 g/mol. The van der Waals surface area contributed by atoms with Crippen LogP contribution in [0, 0.1) is 5.92 Å². The summed E-state index contributed by atoms with van der Waals surface area (Å²) in [5.41, 5.74) is 5.25. The number of hydrogen-bond acceptors (Lipinski definition) is 1. The average molecular weight is 336 g/mol. The summed E-state index contributed by atoms with van der Waals surface area (Å²) in [7, 11) is 0. The molecule has 1 nitrogen and oxygen atoms in total. The number of rotatable bonds is 5. The lowest BCUT2D eigenvalue weighted by atomic mass is 9.80. The smallest absolute Gasteiger partial charge is 0.0503 e. The van der Waals surface area contributed by atoms with E-state index in [1.807, 2.05) is 0 Å². The molecule has 0 N–H and O–H groups in total. The van der Waals surface area contributed by atoms with E-state index >= 15 is 0 Å². The Morgan fingerprint density at radius 3 is 2.20 bits per heavy atom. The minimum absolute atomic E-state index is 0.0567. The molecular weight excluding hydrogens is 302 g/mol. The molecule has 1 saturated carbocycles. The third kappa shape index (κ3) is 4.32. The van der Waals surface area contributed by atoms with Crippen LogP contribution in [0.2, 0.25) is 0 Å². The fraction of sp³-hybridized carbons (Fsp3) is 0.542. The zero-order valence-corrected chi connectivity index (χ0v) is 16.4. The lowest BCUT2D eigenvalue weighted by molar-refractivity contribution is 0.356. The Hall–Kier alpha value is -1.63. The van der Waals surface area contributed by atoms with Crippen molar-refractivity contribution in [3.63, 3.8) is 0 Å². The van der Waals surface area contributed by atoms with Crippen molar-refractivity contribution in [1.29, 1.82) is 0 Å². The molecule has 3 rings (SSSR count). The third-order valence-electron chi connectivity index (χ3n) is 6.01. The van der Waals surface area contributed by atoms with Crippen molar-refractivity contribution < 1.29 is 0 Å². The summed E-state index contributed by atoms with van der Waals surface area (Å²) >= 11 is 0. The van der Waals surface area contributed by atoms with Crippen LogP contribution in [0.1, 0.15) is 88.1 Å². The second kappa shape index (κ2) is 7.72. The van der Waals surface area contributed by atoms with Crippen LogP contribution < -0.4 is 0 Å². The first-order chi connectivity index (χ1) is 12.0. The normalized spacial score (nSPS) is 16.4. The molecule has 0 bridgehead atoms. The van der Waals surface area contributed by atoms with E-state index in [0.29, 0.717) is 5.92 Å². The van der Waals surface area contributed by atoms with Gasteiger partial charge >= 0.3 is 0 Å². The van der Waals surface area contributed by atoms with Gasteiger partial charge < -0.3 is 0 Å². The molecule has 0 atom stereocenters. The fourth-order valence-electron chi connectivity index (χ4n) is 4.07. The van der Waals surface area contributed by atoms with Crippen LogP contribution in [0.25, 0.3) is 0 Å². The van der Waals surface area contributed by atoms with Crippen LogP contribution in [0.4, 0.5) is 0 Å². The molecule has 0 aliphatic heterocycles. The predicted molar refractivity (Wildman–Crippen MR) is 107 cm³/mol. The molecule has 1 aliphatic rings. The molecule has 0 radical (unpaired) electrons. The van der Waals surface area contributed by atoms with Gasteiger partial charge in [0.25, 0.3) is 0 Å². The molecule has 1 heteroatoms. The predicted octanol–water partition coefficient (Wildman–Crippen LogP) is 6.65. The largest absolute Gasteiger partial charge is 0.260 e. The standard InChI is InChI=1S/C24H33N/c1-18(2)21-11-13-22(14-12-21)24(3,4)23-15-10-20(17-25-23)16-19-8-6-5-7-9-19/h10-15,17-19H,5-9,16H2,1-4H3. The SMILES string of the molecule is CC(C)c1ccc(C(C)(C)c2ccc(CC3CCCCC3)cn2)cc1. The van der Waals surface area contributed by atoms with Crippen LogP contribution in [-0.2, 0) is 11.8 Å². The van der Waals surface area contributed by atoms with Crippen LogP contribution in [0.3, 0.4) is 0 Å². The van der Waals surface area contributed by atoms with E-state index < -0.39 is 0 Å². The molecule has 1 heterocycles. The molecule has 0 spiro atoms. The Morgan fingerprint density at radius 2 is 1.64 bits per heavy atom. The van der Waals surface area contributed by atoms with Crippen molar-refractivity contribution in [2.24, 2.45) is 5.92 Å². The lowest BCUT2D eigenvalue weighted by Crippen LogP contribution is -2.20.